The molecule has 0 aliphatic carbocycles. The van der Waals surface area contributed by atoms with Gasteiger partial charge in [0.15, 0.2) is 5.65 Å². The van der Waals surface area contributed by atoms with E-state index in [-0.39, 0.29) is 0 Å². The molecule has 0 spiro atoms. The molecule has 0 radical (unpaired) electrons. The topological polar surface area (TPSA) is 76.6 Å². The Morgan fingerprint density at radius 1 is 0.828 bits per heavy atom. The fraction of sp³-hybridized carbons (Fsp3) is 0.0435. The molecule has 0 atom stereocenters. The average molecular weight is 379 g/mol. The van der Waals surface area contributed by atoms with Crippen LogP contribution in [0, 0.1) is 0 Å². The van der Waals surface area contributed by atoms with Crippen LogP contribution in [0.4, 0.5) is 0 Å². The zero-order chi connectivity index (χ0) is 19.5. The standard InChI is InChI=1S/C23H17N5O/c1-2-4-16(5-3-1)15-29-21-7-6-18(12-25-21)19-13-26-23-22(19)28-20(14-27-23)17-8-10-24-11-9-17/h1-14H,15H2,(H,26,27). The van der Waals surface area contributed by atoms with Crippen molar-refractivity contribution in [3.05, 3.63) is 91.1 Å². The van der Waals surface area contributed by atoms with Crippen molar-refractivity contribution in [2.24, 2.45) is 0 Å². The summed E-state index contributed by atoms with van der Waals surface area (Å²) >= 11 is 0. The molecular weight excluding hydrogens is 362 g/mol. The molecule has 1 N–H and O–H groups in total. The van der Waals surface area contributed by atoms with Crippen LogP contribution in [-0.2, 0) is 6.61 Å². The van der Waals surface area contributed by atoms with Crippen molar-refractivity contribution in [3.8, 4) is 28.3 Å². The highest BCUT2D eigenvalue weighted by atomic mass is 16.5. The Morgan fingerprint density at radius 3 is 2.48 bits per heavy atom. The fourth-order valence-corrected chi connectivity index (χ4v) is 3.13. The number of aromatic nitrogens is 5. The van der Waals surface area contributed by atoms with Crippen molar-refractivity contribution in [2.75, 3.05) is 0 Å². The Bertz CT molecular complexity index is 1240. The third kappa shape index (κ3) is 3.55. The summed E-state index contributed by atoms with van der Waals surface area (Å²) in [4.78, 5) is 21.0. The van der Waals surface area contributed by atoms with E-state index in [2.05, 4.69) is 19.9 Å². The normalized spacial score (nSPS) is 10.9. The molecule has 0 fully saturated rings. The van der Waals surface area contributed by atoms with Crippen LogP contribution in [0.25, 0.3) is 33.5 Å². The number of H-pyrrole nitrogens is 1. The van der Waals surface area contributed by atoms with Gasteiger partial charge in [0.25, 0.3) is 0 Å². The molecule has 0 saturated heterocycles. The first-order valence-electron chi connectivity index (χ1n) is 9.24. The molecule has 0 saturated carbocycles. The Balaban J connectivity index is 1.41. The van der Waals surface area contributed by atoms with E-state index in [4.69, 9.17) is 9.72 Å². The maximum atomic E-state index is 5.78. The average Bonchev–Trinajstić information content (AvgIpc) is 3.23. The summed E-state index contributed by atoms with van der Waals surface area (Å²) in [6.45, 7) is 0.487. The first kappa shape index (κ1) is 17.1. The third-order valence-electron chi connectivity index (χ3n) is 4.63. The summed E-state index contributed by atoms with van der Waals surface area (Å²) in [6, 6.07) is 17.7. The molecule has 0 bridgehead atoms. The number of benzene rings is 1. The Kier molecular flexibility index (Phi) is 4.42. The van der Waals surface area contributed by atoms with Gasteiger partial charge in [-0.3, -0.25) is 4.98 Å². The van der Waals surface area contributed by atoms with Crippen LogP contribution in [-0.4, -0.2) is 24.9 Å². The van der Waals surface area contributed by atoms with Crippen molar-refractivity contribution < 1.29 is 4.74 Å². The quantitative estimate of drug-likeness (QED) is 0.481. The van der Waals surface area contributed by atoms with Crippen molar-refractivity contribution in [1.29, 1.82) is 0 Å². The summed E-state index contributed by atoms with van der Waals surface area (Å²) in [6.07, 6.45) is 8.96. The van der Waals surface area contributed by atoms with Gasteiger partial charge in [0, 0.05) is 47.5 Å². The number of nitrogens with one attached hydrogen (secondary N) is 1. The van der Waals surface area contributed by atoms with Gasteiger partial charge < -0.3 is 9.72 Å². The van der Waals surface area contributed by atoms with Crippen LogP contribution in [0.15, 0.2) is 85.6 Å². The summed E-state index contributed by atoms with van der Waals surface area (Å²) in [5.41, 5.74) is 6.33. The van der Waals surface area contributed by atoms with Gasteiger partial charge in [-0.15, -0.1) is 0 Å². The maximum absolute atomic E-state index is 5.78. The van der Waals surface area contributed by atoms with E-state index in [0.29, 0.717) is 12.5 Å². The van der Waals surface area contributed by atoms with E-state index >= 15 is 0 Å². The summed E-state index contributed by atoms with van der Waals surface area (Å²) in [5.74, 6) is 0.584. The van der Waals surface area contributed by atoms with Crippen molar-refractivity contribution in [2.45, 2.75) is 6.61 Å². The van der Waals surface area contributed by atoms with Crippen molar-refractivity contribution >= 4 is 11.2 Å². The van der Waals surface area contributed by atoms with Crippen LogP contribution < -0.4 is 4.74 Å². The SMILES string of the molecule is c1ccc(COc2ccc(-c3c[nH]c4ncc(-c5ccncc5)nc34)cn2)cc1. The number of ether oxygens (including phenoxy) is 1. The number of rotatable bonds is 5. The predicted molar refractivity (Wildman–Crippen MR) is 111 cm³/mol. The van der Waals surface area contributed by atoms with E-state index in [1.165, 1.54) is 0 Å². The van der Waals surface area contributed by atoms with Gasteiger partial charge in [-0.05, 0) is 23.8 Å². The first-order valence-corrected chi connectivity index (χ1v) is 9.24. The van der Waals surface area contributed by atoms with E-state index in [1.807, 2.05) is 60.8 Å². The van der Waals surface area contributed by atoms with Gasteiger partial charge in [-0.25, -0.2) is 15.0 Å². The number of hydrogen-bond acceptors (Lipinski definition) is 5. The Hall–Kier alpha value is -4.06. The highest BCUT2D eigenvalue weighted by Gasteiger charge is 2.11. The van der Waals surface area contributed by atoms with Gasteiger partial charge in [-0.1, -0.05) is 30.3 Å². The van der Waals surface area contributed by atoms with E-state index < -0.39 is 0 Å². The molecule has 0 amide bonds. The second-order valence-corrected chi connectivity index (χ2v) is 6.55. The van der Waals surface area contributed by atoms with E-state index in [1.54, 1.807) is 24.8 Å². The van der Waals surface area contributed by atoms with Crippen molar-refractivity contribution in [3.63, 3.8) is 0 Å². The van der Waals surface area contributed by atoms with Crippen molar-refractivity contribution in [1.82, 2.24) is 24.9 Å². The number of fused-ring (bicyclic) bond motifs is 1. The number of pyridine rings is 2. The predicted octanol–water partition coefficient (Wildman–Crippen LogP) is 4.66. The second kappa shape index (κ2) is 7.52. The van der Waals surface area contributed by atoms with Crippen LogP contribution in [0.5, 0.6) is 5.88 Å². The molecule has 0 aliphatic heterocycles. The number of nitrogens with zero attached hydrogens (tertiary/aromatic N) is 4. The van der Waals surface area contributed by atoms with Gasteiger partial charge in [0.1, 0.15) is 12.1 Å². The van der Waals surface area contributed by atoms with Gasteiger partial charge >= 0.3 is 0 Å². The monoisotopic (exact) mass is 379 g/mol. The lowest BCUT2D eigenvalue weighted by Crippen LogP contribution is -1.96. The summed E-state index contributed by atoms with van der Waals surface area (Å²) < 4.78 is 5.78. The Morgan fingerprint density at radius 2 is 1.69 bits per heavy atom. The van der Waals surface area contributed by atoms with Crippen LogP contribution >= 0.6 is 0 Å². The highest BCUT2D eigenvalue weighted by molar-refractivity contribution is 5.91. The molecule has 4 heterocycles. The lowest BCUT2D eigenvalue weighted by Gasteiger charge is -2.06. The van der Waals surface area contributed by atoms with Crippen LogP contribution in [0.3, 0.4) is 0 Å². The largest absolute Gasteiger partial charge is 0.473 e. The molecule has 5 aromatic rings. The van der Waals surface area contributed by atoms with Gasteiger partial charge in [0.2, 0.25) is 5.88 Å². The molecule has 140 valence electrons. The van der Waals surface area contributed by atoms with Gasteiger partial charge in [0.05, 0.1) is 11.9 Å². The molecule has 4 aromatic heterocycles. The number of aromatic amines is 1. The minimum absolute atomic E-state index is 0.487. The molecule has 6 heteroatoms. The fourth-order valence-electron chi connectivity index (χ4n) is 3.13. The summed E-state index contributed by atoms with van der Waals surface area (Å²) in [7, 11) is 0. The zero-order valence-electron chi connectivity index (χ0n) is 15.5. The molecule has 0 aliphatic rings. The molecular formula is C23H17N5O. The lowest BCUT2D eigenvalue weighted by atomic mass is 10.1. The molecule has 29 heavy (non-hydrogen) atoms. The van der Waals surface area contributed by atoms with Gasteiger partial charge in [-0.2, -0.15) is 0 Å². The minimum atomic E-state index is 0.487. The first-order chi connectivity index (χ1) is 14.4. The molecule has 1 aromatic carbocycles. The smallest absolute Gasteiger partial charge is 0.213 e. The summed E-state index contributed by atoms with van der Waals surface area (Å²) in [5, 5.41) is 0. The second-order valence-electron chi connectivity index (χ2n) is 6.55. The minimum Gasteiger partial charge on any atom is -0.473 e. The Labute approximate surface area is 167 Å². The van der Waals surface area contributed by atoms with E-state index in [9.17, 15) is 0 Å². The molecule has 5 rings (SSSR count). The molecule has 0 unspecified atom stereocenters. The zero-order valence-corrected chi connectivity index (χ0v) is 15.5. The lowest BCUT2D eigenvalue weighted by molar-refractivity contribution is 0.294. The highest BCUT2D eigenvalue weighted by Crippen LogP contribution is 2.28. The third-order valence-corrected chi connectivity index (χ3v) is 4.63. The van der Waals surface area contributed by atoms with E-state index in [0.717, 1.165) is 39.1 Å². The van der Waals surface area contributed by atoms with Crippen LogP contribution in [0.2, 0.25) is 0 Å². The van der Waals surface area contributed by atoms with Crippen LogP contribution in [0.1, 0.15) is 5.56 Å². The molecule has 6 nitrogen and oxygen atoms in total. The maximum Gasteiger partial charge on any atom is 0.213 e. The number of hydrogen-bond donors (Lipinski definition) is 1.